The third kappa shape index (κ3) is 3.13. The zero-order valence-electron chi connectivity index (χ0n) is 10.7. The van der Waals surface area contributed by atoms with Gasteiger partial charge in [-0.1, -0.05) is 12.1 Å². The minimum atomic E-state index is -0.851. The normalized spacial score (nSPS) is 10.6. The molecule has 0 saturated carbocycles. The summed E-state index contributed by atoms with van der Waals surface area (Å²) >= 11 is 0. The van der Waals surface area contributed by atoms with Crippen LogP contribution < -0.4 is 5.32 Å². The summed E-state index contributed by atoms with van der Waals surface area (Å²) in [4.78, 5) is 25.3. The summed E-state index contributed by atoms with van der Waals surface area (Å²) < 4.78 is 0. The largest absolute Gasteiger partial charge is 0.481 e. The first-order valence-electron chi connectivity index (χ1n) is 6.16. The molecule has 1 heterocycles. The maximum Gasteiger partial charge on any atom is 0.303 e. The summed E-state index contributed by atoms with van der Waals surface area (Å²) in [6.45, 7) is 2.35. The van der Waals surface area contributed by atoms with Crippen LogP contribution in [0, 0.1) is 6.92 Å². The van der Waals surface area contributed by atoms with Crippen LogP contribution >= 0.6 is 0 Å². The van der Waals surface area contributed by atoms with E-state index in [9.17, 15) is 9.59 Å². The Balaban J connectivity index is 2.01. The van der Waals surface area contributed by atoms with Gasteiger partial charge >= 0.3 is 5.97 Å². The number of aromatic nitrogens is 1. The molecule has 0 radical (unpaired) electrons. The minimum absolute atomic E-state index is 0.0616. The molecule has 5 nitrogen and oxygen atoms in total. The second-order valence-corrected chi connectivity index (χ2v) is 4.47. The van der Waals surface area contributed by atoms with Crippen LogP contribution in [0.15, 0.2) is 24.3 Å². The van der Waals surface area contributed by atoms with Gasteiger partial charge in [0.05, 0.1) is 0 Å². The van der Waals surface area contributed by atoms with Crippen molar-refractivity contribution in [3.63, 3.8) is 0 Å². The number of hydrogen-bond acceptors (Lipinski definition) is 2. The molecular weight excluding hydrogens is 244 g/mol. The van der Waals surface area contributed by atoms with Gasteiger partial charge in [0.2, 0.25) is 0 Å². The van der Waals surface area contributed by atoms with Gasteiger partial charge in [-0.3, -0.25) is 9.59 Å². The quantitative estimate of drug-likeness (QED) is 0.720. The van der Waals surface area contributed by atoms with Crippen LogP contribution in [0.2, 0.25) is 0 Å². The van der Waals surface area contributed by atoms with Crippen LogP contribution in [0.25, 0.3) is 10.9 Å². The Labute approximate surface area is 110 Å². The molecule has 3 N–H and O–H groups in total. The summed E-state index contributed by atoms with van der Waals surface area (Å²) in [6, 6.07) is 7.66. The molecule has 1 aromatic heterocycles. The number of aryl methyl sites for hydroxylation is 1. The first kappa shape index (κ1) is 13.1. The molecule has 0 bridgehead atoms. The van der Waals surface area contributed by atoms with Crippen molar-refractivity contribution in [2.24, 2.45) is 0 Å². The lowest BCUT2D eigenvalue weighted by atomic mass is 10.1. The maximum atomic E-state index is 11.9. The van der Waals surface area contributed by atoms with Crippen LogP contribution in [0.3, 0.4) is 0 Å². The number of aromatic amines is 1. The summed E-state index contributed by atoms with van der Waals surface area (Å²) in [5.74, 6) is -1.06. The number of hydrogen-bond donors (Lipinski definition) is 3. The fourth-order valence-corrected chi connectivity index (χ4v) is 1.97. The van der Waals surface area contributed by atoms with E-state index in [2.05, 4.69) is 10.3 Å². The molecule has 0 saturated heterocycles. The summed E-state index contributed by atoms with van der Waals surface area (Å²) in [5, 5.41) is 12.2. The first-order chi connectivity index (χ1) is 9.08. The van der Waals surface area contributed by atoms with Gasteiger partial charge in [-0.15, -0.1) is 0 Å². The number of nitrogens with one attached hydrogen (secondary N) is 2. The molecule has 0 unspecified atom stereocenters. The van der Waals surface area contributed by atoms with Gasteiger partial charge in [0.1, 0.15) is 5.69 Å². The highest BCUT2D eigenvalue weighted by Gasteiger charge is 2.10. The third-order valence-corrected chi connectivity index (χ3v) is 2.98. The lowest BCUT2D eigenvalue weighted by Crippen LogP contribution is -2.25. The number of carbonyl (C=O) groups excluding carboxylic acids is 1. The van der Waals surface area contributed by atoms with E-state index in [0.717, 1.165) is 16.5 Å². The predicted octanol–water partition coefficient (Wildman–Crippen LogP) is 2.07. The van der Waals surface area contributed by atoms with Gasteiger partial charge in [-0.2, -0.15) is 0 Å². The predicted molar refractivity (Wildman–Crippen MR) is 72.2 cm³/mol. The van der Waals surface area contributed by atoms with E-state index in [1.165, 1.54) is 0 Å². The Bertz CT molecular complexity index is 616. The highest BCUT2D eigenvalue weighted by Crippen LogP contribution is 2.18. The molecule has 100 valence electrons. The van der Waals surface area contributed by atoms with Crippen molar-refractivity contribution in [2.75, 3.05) is 6.54 Å². The lowest BCUT2D eigenvalue weighted by Gasteiger charge is -2.01. The number of fused-ring (bicyclic) bond motifs is 1. The monoisotopic (exact) mass is 260 g/mol. The zero-order valence-corrected chi connectivity index (χ0v) is 10.7. The number of benzene rings is 1. The first-order valence-corrected chi connectivity index (χ1v) is 6.16. The van der Waals surface area contributed by atoms with E-state index in [1.807, 2.05) is 31.2 Å². The van der Waals surface area contributed by atoms with Gasteiger partial charge in [-0.25, -0.2) is 0 Å². The van der Waals surface area contributed by atoms with Gasteiger partial charge in [0, 0.05) is 23.9 Å². The molecular formula is C14H16N2O3. The molecule has 1 amide bonds. The number of amides is 1. The topological polar surface area (TPSA) is 82.2 Å². The van der Waals surface area contributed by atoms with Crippen molar-refractivity contribution < 1.29 is 14.7 Å². The molecule has 2 rings (SSSR count). The molecule has 0 aliphatic heterocycles. The lowest BCUT2D eigenvalue weighted by molar-refractivity contribution is -0.137. The highest BCUT2D eigenvalue weighted by molar-refractivity contribution is 5.98. The van der Waals surface area contributed by atoms with Gasteiger partial charge in [0.25, 0.3) is 5.91 Å². The molecule has 19 heavy (non-hydrogen) atoms. The molecule has 0 aliphatic rings. The number of carboxylic acids is 1. The summed E-state index contributed by atoms with van der Waals surface area (Å²) in [6.07, 6.45) is 0.492. The second-order valence-electron chi connectivity index (χ2n) is 4.47. The van der Waals surface area contributed by atoms with E-state index in [1.54, 1.807) is 0 Å². The molecule has 5 heteroatoms. The smallest absolute Gasteiger partial charge is 0.303 e. The summed E-state index contributed by atoms with van der Waals surface area (Å²) in [7, 11) is 0. The van der Waals surface area contributed by atoms with E-state index in [-0.39, 0.29) is 12.3 Å². The number of carboxylic acid groups (broad SMARTS) is 1. The Kier molecular flexibility index (Phi) is 3.85. The fraction of sp³-hybridized carbons (Fsp3) is 0.286. The van der Waals surface area contributed by atoms with E-state index >= 15 is 0 Å². The Morgan fingerprint density at radius 3 is 2.84 bits per heavy atom. The minimum Gasteiger partial charge on any atom is -0.481 e. The third-order valence-electron chi connectivity index (χ3n) is 2.98. The number of aliphatic carboxylic acids is 1. The van der Waals surface area contributed by atoms with Crippen molar-refractivity contribution in [1.29, 1.82) is 0 Å². The molecule has 2 aromatic rings. The van der Waals surface area contributed by atoms with Gasteiger partial charge in [0.15, 0.2) is 0 Å². The van der Waals surface area contributed by atoms with Crippen LogP contribution in [-0.4, -0.2) is 28.5 Å². The van der Waals surface area contributed by atoms with Crippen molar-refractivity contribution in [2.45, 2.75) is 19.8 Å². The molecule has 0 fully saturated rings. The van der Waals surface area contributed by atoms with E-state index in [4.69, 9.17) is 5.11 Å². The van der Waals surface area contributed by atoms with Crippen LogP contribution in [0.5, 0.6) is 0 Å². The zero-order chi connectivity index (χ0) is 13.8. The van der Waals surface area contributed by atoms with Crippen LogP contribution in [-0.2, 0) is 4.79 Å². The molecule has 1 aromatic carbocycles. The standard InChI is InChI=1S/C14H16N2O3/c1-9-4-2-5-11-10(9)8-12(16-11)14(19)15-7-3-6-13(17)18/h2,4-5,8,16H,3,6-7H2,1H3,(H,15,19)(H,17,18). The van der Waals surface area contributed by atoms with E-state index < -0.39 is 5.97 Å². The second kappa shape index (κ2) is 5.56. The number of rotatable bonds is 5. The van der Waals surface area contributed by atoms with Crippen LogP contribution in [0.4, 0.5) is 0 Å². The maximum absolute atomic E-state index is 11.9. The molecule has 0 atom stereocenters. The van der Waals surface area contributed by atoms with Crippen molar-refractivity contribution in [1.82, 2.24) is 10.3 Å². The number of H-pyrrole nitrogens is 1. The molecule has 0 spiro atoms. The average molecular weight is 260 g/mol. The molecule has 0 aliphatic carbocycles. The summed E-state index contributed by atoms with van der Waals surface area (Å²) in [5.41, 5.74) is 2.54. The van der Waals surface area contributed by atoms with Crippen molar-refractivity contribution in [3.8, 4) is 0 Å². The number of carbonyl (C=O) groups is 2. The fourth-order valence-electron chi connectivity index (χ4n) is 1.97. The Morgan fingerprint density at radius 1 is 1.37 bits per heavy atom. The van der Waals surface area contributed by atoms with Gasteiger partial charge in [-0.05, 0) is 31.0 Å². The van der Waals surface area contributed by atoms with Crippen molar-refractivity contribution in [3.05, 3.63) is 35.5 Å². The SMILES string of the molecule is Cc1cccc2[nH]c(C(=O)NCCCC(=O)O)cc12. The highest BCUT2D eigenvalue weighted by atomic mass is 16.4. The Morgan fingerprint density at radius 2 is 2.16 bits per heavy atom. The van der Waals surface area contributed by atoms with Gasteiger partial charge < -0.3 is 15.4 Å². The van der Waals surface area contributed by atoms with Crippen molar-refractivity contribution >= 4 is 22.8 Å². The Hall–Kier alpha value is -2.30. The average Bonchev–Trinajstić information content (AvgIpc) is 2.79. The van der Waals surface area contributed by atoms with E-state index in [0.29, 0.717) is 18.7 Å². The van der Waals surface area contributed by atoms with Crippen LogP contribution in [0.1, 0.15) is 28.9 Å².